The van der Waals surface area contributed by atoms with Crippen LogP contribution in [-0.4, -0.2) is 30.1 Å². The number of benzene rings is 1. The van der Waals surface area contributed by atoms with Crippen LogP contribution < -0.4 is 10.1 Å². The number of ether oxygens (including phenoxy) is 2. The molecule has 0 atom stereocenters. The second-order valence-corrected chi connectivity index (χ2v) is 4.60. The van der Waals surface area contributed by atoms with Crippen LogP contribution in [0, 0.1) is 6.92 Å². The minimum atomic E-state index is 0.557. The number of methoxy groups -OCH3 is 1. The van der Waals surface area contributed by atoms with Gasteiger partial charge in [-0.2, -0.15) is 5.10 Å². The van der Waals surface area contributed by atoms with Crippen LogP contribution in [0.2, 0.25) is 0 Å². The lowest BCUT2D eigenvalue weighted by atomic mass is 10.2. The molecule has 5 heteroatoms. The van der Waals surface area contributed by atoms with E-state index in [0.717, 1.165) is 18.0 Å². The summed E-state index contributed by atoms with van der Waals surface area (Å²) in [5, 5.41) is 7.62. The van der Waals surface area contributed by atoms with Gasteiger partial charge in [0.2, 0.25) is 0 Å². The van der Waals surface area contributed by atoms with Crippen LogP contribution >= 0.6 is 0 Å². The molecule has 1 aromatic heterocycles. The Bertz CT molecular complexity index is 552. The predicted molar refractivity (Wildman–Crippen MR) is 79.1 cm³/mol. The second-order valence-electron chi connectivity index (χ2n) is 4.60. The average Bonchev–Trinajstić information content (AvgIpc) is 2.77. The quantitative estimate of drug-likeness (QED) is 0.788. The van der Waals surface area contributed by atoms with Gasteiger partial charge in [0.05, 0.1) is 12.8 Å². The smallest absolute Gasteiger partial charge is 0.121 e. The normalized spacial score (nSPS) is 10.6. The third kappa shape index (κ3) is 3.74. The second kappa shape index (κ2) is 6.96. The van der Waals surface area contributed by atoms with Crippen LogP contribution in [0.15, 0.2) is 30.5 Å². The number of hydrogen-bond acceptors (Lipinski definition) is 4. The molecule has 0 spiro atoms. The van der Waals surface area contributed by atoms with Gasteiger partial charge in [0.25, 0.3) is 0 Å². The lowest BCUT2D eigenvalue weighted by Crippen LogP contribution is -2.05. The van der Waals surface area contributed by atoms with E-state index in [9.17, 15) is 0 Å². The molecule has 0 aliphatic rings. The van der Waals surface area contributed by atoms with E-state index in [4.69, 9.17) is 9.47 Å². The number of rotatable bonds is 7. The Morgan fingerprint density at radius 2 is 2.15 bits per heavy atom. The van der Waals surface area contributed by atoms with E-state index in [-0.39, 0.29) is 0 Å². The summed E-state index contributed by atoms with van der Waals surface area (Å²) in [4.78, 5) is 0. The number of anilines is 1. The molecular formula is C15H21N3O2. The summed E-state index contributed by atoms with van der Waals surface area (Å²) in [7, 11) is 3.61. The van der Waals surface area contributed by atoms with Crippen LogP contribution in [0.5, 0.6) is 5.75 Å². The summed E-state index contributed by atoms with van der Waals surface area (Å²) in [5.74, 6) is 0.843. The highest BCUT2D eigenvalue weighted by molar-refractivity contribution is 5.48. The number of nitrogens with one attached hydrogen (secondary N) is 1. The Kier molecular flexibility index (Phi) is 5.01. The summed E-state index contributed by atoms with van der Waals surface area (Å²) >= 11 is 0. The third-order valence-electron chi connectivity index (χ3n) is 3.21. The van der Waals surface area contributed by atoms with Crippen molar-refractivity contribution < 1.29 is 9.47 Å². The Labute approximate surface area is 119 Å². The van der Waals surface area contributed by atoms with Crippen molar-refractivity contribution in [3.63, 3.8) is 0 Å². The van der Waals surface area contributed by atoms with E-state index in [2.05, 4.69) is 17.3 Å². The van der Waals surface area contributed by atoms with E-state index in [1.54, 1.807) is 7.11 Å². The van der Waals surface area contributed by atoms with Crippen molar-refractivity contribution in [1.82, 2.24) is 9.78 Å². The van der Waals surface area contributed by atoms with Crippen molar-refractivity contribution in [2.75, 3.05) is 25.6 Å². The average molecular weight is 275 g/mol. The zero-order valence-electron chi connectivity index (χ0n) is 12.2. The predicted octanol–water partition coefficient (Wildman–Crippen LogP) is 2.37. The van der Waals surface area contributed by atoms with Crippen molar-refractivity contribution in [3.8, 4) is 5.75 Å². The summed E-state index contributed by atoms with van der Waals surface area (Å²) in [6.45, 7) is 3.96. The molecule has 20 heavy (non-hydrogen) atoms. The van der Waals surface area contributed by atoms with Gasteiger partial charge in [-0.1, -0.05) is 6.07 Å². The maximum absolute atomic E-state index is 5.59. The lowest BCUT2D eigenvalue weighted by Gasteiger charge is -2.09. The molecule has 2 aromatic rings. The fraction of sp³-hybridized carbons (Fsp3) is 0.400. The maximum atomic E-state index is 5.59. The van der Waals surface area contributed by atoms with Gasteiger partial charge in [0.15, 0.2) is 0 Å². The van der Waals surface area contributed by atoms with Gasteiger partial charge < -0.3 is 14.8 Å². The molecule has 0 unspecified atom stereocenters. The third-order valence-corrected chi connectivity index (χ3v) is 3.21. The molecule has 0 fully saturated rings. The van der Waals surface area contributed by atoms with E-state index in [0.29, 0.717) is 13.2 Å². The lowest BCUT2D eigenvalue weighted by molar-refractivity contribution is 0.146. The summed E-state index contributed by atoms with van der Waals surface area (Å²) in [5.41, 5.74) is 3.39. The Morgan fingerprint density at radius 3 is 2.85 bits per heavy atom. The SMILES string of the molecule is COCCOc1cccc(NCc2cnn(C)c2C)c1. The molecule has 0 amide bonds. The number of aryl methyl sites for hydroxylation is 1. The first-order valence-corrected chi connectivity index (χ1v) is 6.64. The van der Waals surface area contributed by atoms with Crippen molar-refractivity contribution in [3.05, 3.63) is 41.7 Å². The van der Waals surface area contributed by atoms with Gasteiger partial charge >= 0.3 is 0 Å². The van der Waals surface area contributed by atoms with E-state index < -0.39 is 0 Å². The molecule has 0 saturated carbocycles. The van der Waals surface area contributed by atoms with E-state index in [1.807, 2.05) is 42.2 Å². The first-order valence-electron chi connectivity index (χ1n) is 6.64. The monoisotopic (exact) mass is 275 g/mol. The molecular weight excluding hydrogens is 254 g/mol. The van der Waals surface area contributed by atoms with Crippen LogP contribution in [0.3, 0.4) is 0 Å². The number of nitrogens with zero attached hydrogens (tertiary/aromatic N) is 2. The molecule has 1 heterocycles. The van der Waals surface area contributed by atoms with Crippen LogP contribution in [-0.2, 0) is 18.3 Å². The van der Waals surface area contributed by atoms with Gasteiger partial charge in [-0.05, 0) is 19.1 Å². The van der Waals surface area contributed by atoms with Gasteiger partial charge in [-0.15, -0.1) is 0 Å². The largest absolute Gasteiger partial charge is 0.491 e. The molecule has 0 saturated heterocycles. The Balaban J connectivity index is 1.92. The highest BCUT2D eigenvalue weighted by Crippen LogP contribution is 2.18. The van der Waals surface area contributed by atoms with E-state index >= 15 is 0 Å². The summed E-state index contributed by atoms with van der Waals surface area (Å²) in [6, 6.07) is 7.92. The standard InChI is InChI=1S/C15H21N3O2/c1-12-13(11-17-18(12)2)10-16-14-5-4-6-15(9-14)20-8-7-19-3/h4-6,9,11,16H,7-8,10H2,1-3H3. The minimum Gasteiger partial charge on any atom is -0.491 e. The molecule has 1 aromatic carbocycles. The molecule has 0 aliphatic carbocycles. The number of aromatic nitrogens is 2. The van der Waals surface area contributed by atoms with Gasteiger partial charge in [-0.3, -0.25) is 4.68 Å². The molecule has 2 rings (SSSR count). The zero-order valence-corrected chi connectivity index (χ0v) is 12.2. The topological polar surface area (TPSA) is 48.3 Å². The van der Waals surface area contributed by atoms with Gasteiger partial charge in [0.1, 0.15) is 12.4 Å². The highest BCUT2D eigenvalue weighted by atomic mass is 16.5. The van der Waals surface area contributed by atoms with Crippen LogP contribution in [0.1, 0.15) is 11.3 Å². The molecule has 0 radical (unpaired) electrons. The first-order chi connectivity index (χ1) is 9.70. The van der Waals surface area contributed by atoms with Crippen molar-refractivity contribution >= 4 is 5.69 Å². The zero-order chi connectivity index (χ0) is 14.4. The molecule has 1 N–H and O–H groups in total. The highest BCUT2D eigenvalue weighted by Gasteiger charge is 2.03. The fourth-order valence-electron chi connectivity index (χ4n) is 1.85. The molecule has 0 aliphatic heterocycles. The van der Waals surface area contributed by atoms with E-state index in [1.165, 1.54) is 11.3 Å². The first kappa shape index (κ1) is 14.4. The van der Waals surface area contributed by atoms with Crippen molar-refractivity contribution in [1.29, 1.82) is 0 Å². The molecule has 5 nitrogen and oxygen atoms in total. The van der Waals surface area contributed by atoms with Crippen molar-refractivity contribution in [2.45, 2.75) is 13.5 Å². The molecule has 0 bridgehead atoms. The van der Waals surface area contributed by atoms with Crippen LogP contribution in [0.4, 0.5) is 5.69 Å². The Morgan fingerprint density at radius 1 is 1.30 bits per heavy atom. The molecule has 108 valence electrons. The van der Waals surface area contributed by atoms with Gasteiger partial charge in [0, 0.05) is 43.7 Å². The minimum absolute atomic E-state index is 0.557. The maximum Gasteiger partial charge on any atom is 0.121 e. The van der Waals surface area contributed by atoms with Crippen molar-refractivity contribution in [2.24, 2.45) is 7.05 Å². The summed E-state index contributed by atoms with van der Waals surface area (Å²) in [6.07, 6.45) is 1.89. The number of hydrogen-bond donors (Lipinski definition) is 1. The fourth-order valence-corrected chi connectivity index (χ4v) is 1.85. The van der Waals surface area contributed by atoms with Crippen LogP contribution in [0.25, 0.3) is 0 Å². The summed E-state index contributed by atoms with van der Waals surface area (Å²) < 4.78 is 12.4. The van der Waals surface area contributed by atoms with Gasteiger partial charge in [-0.25, -0.2) is 0 Å². The Hall–Kier alpha value is -2.01.